The van der Waals surface area contributed by atoms with Gasteiger partial charge in [-0.1, -0.05) is 44.5 Å². The summed E-state index contributed by atoms with van der Waals surface area (Å²) in [5.41, 5.74) is 2.60. The van der Waals surface area contributed by atoms with Gasteiger partial charge >= 0.3 is 0 Å². The van der Waals surface area contributed by atoms with Gasteiger partial charge in [-0.15, -0.1) is 24.0 Å². The van der Waals surface area contributed by atoms with Crippen molar-refractivity contribution in [3.63, 3.8) is 0 Å². The number of halogens is 1. The Kier molecular flexibility index (Phi) is 17.7. The molecule has 1 fully saturated rings. The van der Waals surface area contributed by atoms with Crippen LogP contribution in [0.3, 0.4) is 0 Å². The molecular weight excluding hydrogens is 529 g/mol. The lowest BCUT2D eigenvalue weighted by atomic mass is 10.1. The molecule has 0 aliphatic carbocycles. The molecule has 0 aromatic heterocycles. The Hall–Kier alpha value is -0.940. The number of hydrogen-bond donors (Lipinski definition) is 2. The van der Waals surface area contributed by atoms with E-state index in [9.17, 15) is 0 Å². The number of rotatable bonds is 15. The lowest BCUT2D eigenvalue weighted by molar-refractivity contribution is 0.0487. The summed E-state index contributed by atoms with van der Waals surface area (Å²) in [5.74, 6) is 0.827. The molecule has 1 aromatic carbocycles. The molecule has 0 saturated carbocycles. The van der Waals surface area contributed by atoms with Gasteiger partial charge in [0.15, 0.2) is 5.96 Å². The predicted octanol–water partition coefficient (Wildman–Crippen LogP) is 3.33. The van der Waals surface area contributed by atoms with Crippen LogP contribution in [0, 0.1) is 0 Å². The number of guanidine groups is 1. The van der Waals surface area contributed by atoms with E-state index in [1.165, 1.54) is 24.2 Å². The molecule has 1 heterocycles. The van der Waals surface area contributed by atoms with Gasteiger partial charge in [0.2, 0.25) is 0 Å². The van der Waals surface area contributed by atoms with Crippen molar-refractivity contribution in [3.05, 3.63) is 35.4 Å². The number of piperazine rings is 1. The van der Waals surface area contributed by atoms with Gasteiger partial charge in [-0.3, -0.25) is 4.90 Å². The molecule has 2 rings (SSSR count). The zero-order valence-corrected chi connectivity index (χ0v) is 23.3. The van der Waals surface area contributed by atoms with E-state index in [2.05, 4.69) is 65.5 Å². The van der Waals surface area contributed by atoms with Gasteiger partial charge in [0, 0.05) is 52.4 Å². The van der Waals surface area contributed by atoms with Gasteiger partial charge in [0.05, 0.1) is 26.4 Å². The van der Waals surface area contributed by atoms with Crippen molar-refractivity contribution in [2.45, 2.75) is 46.7 Å². The number of unbranched alkanes of at least 4 members (excludes halogenated alkanes) is 1. The van der Waals surface area contributed by atoms with Crippen molar-refractivity contribution >= 4 is 29.9 Å². The molecule has 0 radical (unpaired) electrons. The van der Waals surface area contributed by atoms with Gasteiger partial charge in [-0.05, 0) is 31.0 Å². The number of likely N-dealkylation sites (N-methyl/N-ethyl adjacent to an activating group) is 1. The molecule has 7 nitrogen and oxygen atoms in total. The standard InChI is InChI=1S/C25H45N5O2.HI/c1-4-7-17-31-19-20-32-18-12-27-25(26-5-2)28-21-23-8-10-24(11-9-23)22-30-15-13-29(6-3)14-16-30;/h8-11H,4-7,12-22H2,1-3H3,(H2,26,27,28);1H. The van der Waals surface area contributed by atoms with Crippen LogP contribution in [0.25, 0.3) is 0 Å². The highest BCUT2D eigenvalue weighted by atomic mass is 127. The summed E-state index contributed by atoms with van der Waals surface area (Å²) in [6.07, 6.45) is 2.28. The Morgan fingerprint density at radius 3 is 2.12 bits per heavy atom. The number of aliphatic imine (C=N–C) groups is 1. The third-order valence-electron chi connectivity index (χ3n) is 5.66. The highest BCUT2D eigenvalue weighted by molar-refractivity contribution is 14.0. The quantitative estimate of drug-likeness (QED) is 0.145. The van der Waals surface area contributed by atoms with Crippen LogP contribution in [0.2, 0.25) is 0 Å². The van der Waals surface area contributed by atoms with E-state index < -0.39 is 0 Å². The topological polar surface area (TPSA) is 61.4 Å². The van der Waals surface area contributed by atoms with E-state index >= 15 is 0 Å². The minimum Gasteiger partial charge on any atom is -0.379 e. The van der Waals surface area contributed by atoms with Crippen LogP contribution in [0.15, 0.2) is 29.3 Å². The maximum Gasteiger partial charge on any atom is 0.191 e. The summed E-state index contributed by atoms with van der Waals surface area (Å²) >= 11 is 0. The monoisotopic (exact) mass is 575 g/mol. The molecule has 190 valence electrons. The summed E-state index contributed by atoms with van der Waals surface area (Å²) in [4.78, 5) is 9.78. The summed E-state index contributed by atoms with van der Waals surface area (Å²) in [6.45, 7) is 18.4. The molecule has 1 aliphatic rings. The number of nitrogens with zero attached hydrogens (tertiary/aromatic N) is 3. The molecule has 1 aromatic rings. The minimum absolute atomic E-state index is 0. The molecule has 0 spiro atoms. The second-order valence-corrected chi connectivity index (χ2v) is 8.23. The van der Waals surface area contributed by atoms with Crippen LogP contribution in [-0.2, 0) is 22.6 Å². The summed E-state index contributed by atoms with van der Waals surface area (Å²) in [7, 11) is 0. The van der Waals surface area contributed by atoms with E-state index in [0.29, 0.717) is 26.4 Å². The maximum atomic E-state index is 5.62. The Labute approximate surface area is 218 Å². The van der Waals surface area contributed by atoms with E-state index in [1.54, 1.807) is 0 Å². The molecule has 0 amide bonds. The normalized spacial score (nSPS) is 15.3. The molecule has 1 saturated heterocycles. The number of benzene rings is 1. The van der Waals surface area contributed by atoms with Gasteiger partial charge in [-0.2, -0.15) is 0 Å². The average molecular weight is 576 g/mol. The number of hydrogen-bond acceptors (Lipinski definition) is 5. The highest BCUT2D eigenvalue weighted by Crippen LogP contribution is 2.11. The predicted molar refractivity (Wildman–Crippen MR) is 149 cm³/mol. The fraction of sp³-hybridized carbons (Fsp3) is 0.720. The molecule has 33 heavy (non-hydrogen) atoms. The fourth-order valence-electron chi connectivity index (χ4n) is 3.59. The largest absolute Gasteiger partial charge is 0.379 e. The van der Waals surface area contributed by atoms with E-state index in [1.807, 2.05) is 0 Å². The molecule has 0 atom stereocenters. The minimum atomic E-state index is 0. The Balaban J connectivity index is 0.00000544. The van der Waals surface area contributed by atoms with Crippen LogP contribution < -0.4 is 10.6 Å². The summed E-state index contributed by atoms with van der Waals surface area (Å²) in [6, 6.07) is 8.89. The third-order valence-corrected chi connectivity index (χ3v) is 5.66. The first-order chi connectivity index (χ1) is 15.7. The number of nitrogens with one attached hydrogen (secondary N) is 2. The van der Waals surface area contributed by atoms with Crippen molar-refractivity contribution in [3.8, 4) is 0 Å². The lowest BCUT2D eigenvalue weighted by Gasteiger charge is -2.34. The van der Waals surface area contributed by atoms with E-state index in [4.69, 9.17) is 14.5 Å². The van der Waals surface area contributed by atoms with Crippen LogP contribution in [0.1, 0.15) is 44.7 Å². The van der Waals surface area contributed by atoms with Crippen molar-refractivity contribution < 1.29 is 9.47 Å². The van der Waals surface area contributed by atoms with Crippen molar-refractivity contribution in [1.82, 2.24) is 20.4 Å². The van der Waals surface area contributed by atoms with Crippen LogP contribution in [0.5, 0.6) is 0 Å². The molecule has 0 unspecified atom stereocenters. The van der Waals surface area contributed by atoms with Crippen molar-refractivity contribution in [2.24, 2.45) is 4.99 Å². The molecule has 2 N–H and O–H groups in total. The molecule has 8 heteroatoms. The zero-order valence-electron chi connectivity index (χ0n) is 21.0. The molecule has 1 aliphatic heterocycles. The smallest absolute Gasteiger partial charge is 0.191 e. The van der Waals surface area contributed by atoms with Gasteiger partial charge < -0.3 is 25.0 Å². The first-order valence-corrected chi connectivity index (χ1v) is 12.4. The van der Waals surface area contributed by atoms with Gasteiger partial charge in [0.25, 0.3) is 0 Å². The van der Waals surface area contributed by atoms with Crippen LogP contribution in [0.4, 0.5) is 0 Å². The average Bonchev–Trinajstić information content (AvgIpc) is 2.83. The third kappa shape index (κ3) is 13.5. The Morgan fingerprint density at radius 1 is 0.848 bits per heavy atom. The Bertz CT molecular complexity index is 622. The lowest BCUT2D eigenvalue weighted by Crippen LogP contribution is -2.45. The number of ether oxygens (including phenoxy) is 2. The van der Waals surface area contributed by atoms with Gasteiger partial charge in [-0.25, -0.2) is 4.99 Å². The first kappa shape index (κ1) is 30.1. The second kappa shape index (κ2) is 19.4. The van der Waals surface area contributed by atoms with Crippen molar-refractivity contribution in [2.75, 3.05) is 72.2 Å². The highest BCUT2D eigenvalue weighted by Gasteiger charge is 2.15. The first-order valence-electron chi connectivity index (χ1n) is 12.4. The second-order valence-electron chi connectivity index (χ2n) is 8.23. The van der Waals surface area contributed by atoms with Gasteiger partial charge in [0.1, 0.15) is 0 Å². The maximum absolute atomic E-state index is 5.62. The van der Waals surface area contributed by atoms with E-state index in [-0.39, 0.29) is 24.0 Å². The summed E-state index contributed by atoms with van der Waals surface area (Å²) < 4.78 is 11.1. The summed E-state index contributed by atoms with van der Waals surface area (Å²) in [5, 5.41) is 6.64. The zero-order chi connectivity index (χ0) is 22.9. The Morgan fingerprint density at radius 2 is 1.48 bits per heavy atom. The van der Waals surface area contributed by atoms with Crippen molar-refractivity contribution in [1.29, 1.82) is 0 Å². The van der Waals surface area contributed by atoms with E-state index in [0.717, 1.165) is 64.7 Å². The molecule has 0 bridgehead atoms. The molecular formula is C25H46IN5O2. The SMILES string of the molecule is CCCCOCCOCCNC(=NCc1ccc(CN2CCN(CC)CC2)cc1)NCC.I. The fourth-order valence-corrected chi connectivity index (χ4v) is 3.59. The van der Waals surface area contributed by atoms with Crippen LogP contribution >= 0.6 is 24.0 Å². The van der Waals surface area contributed by atoms with Crippen LogP contribution in [-0.4, -0.2) is 88.0 Å².